The average molecular weight is 366 g/mol. The molecule has 0 bridgehead atoms. The van der Waals surface area contributed by atoms with E-state index in [0.717, 1.165) is 0 Å². The van der Waals surface area contributed by atoms with Crippen LogP contribution in [0.1, 0.15) is 23.0 Å². The van der Waals surface area contributed by atoms with Gasteiger partial charge in [0.25, 0.3) is 5.91 Å². The molecule has 0 aliphatic carbocycles. The summed E-state index contributed by atoms with van der Waals surface area (Å²) in [7, 11) is 0. The lowest BCUT2D eigenvalue weighted by Gasteiger charge is -2.11. The van der Waals surface area contributed by atoms with Crippen LogP contribution in [0.3, 0.4) is 0 Å². The van der Waals surface area contributed by atoms with E-state index in [2.05, 4.69) is 20.8 Å². The van der Waals surface area contributed by atoms with Gasteiger partial charge in [-0.05, 0) is 37.3 Å². The number of amides is 1. The first-order chi connectivity index (χ1) is 13.2. The van der Waals surface area contributed by atoms with Crippen LogP contribution in [0.25, 0.3) is 0 Å². The minimum atomic E-state index is -0.393. The van der Waals surface area contributed by atoms with Gasteiger partial charge in [0.1, 0.15) is 17.4 Å². The summed E-state index contributed by atoms with van der Waals surface area (Å²) in [6.07, 6.45) is 0. The van der Waals surface area contributed by atoms with Gasteiger partial charge in [0.15, 0.2) is 5.69 Å². The fourth-order valence-electron chi connectivity index (χ4n) is 2.41. The molecule has 0 aliphatic heterocycles. The zero-order valence-electron chi connectivity index (χ0n) is 14.8. The van der Waals surface area contributed by atoms with Crippen LogP contribution < -0.4 is 15.4 Å². The average Bonchev–Trinajstić information content (AvgIpc) is 2.69. The summed E-state index contributed by atoms with van der Waals surface area (Å²) < 4.78 is 19.1. The molecule has 0 spiro atoms. The number of aromatic nitrogens is 2. The normalized spacial score (nSPS) is 10.3. The van der Waals surface area contributed by atoms with Crippen LogP contribution in [0, 0.1) is 5.82 Å². The Morgan fingerprint density at radius 2 is 1.81 bits per heavy atom. The van der Waals surface area contributed by atoms with Crippen LogP contribution in [-0.4, -0.2) is 22.7 Å². The summed E-state index contributed by atoms with van der Waals surface area (Å²) in [5.74, 6) is 0.353. The highest BCUT2D eigenvalue weighted by Crippen LogP contribution is 2.24. The highest BCUT2D eigenvalue weighted by atomic mass is 19.1. The second-order valence-corrected chi connectivity index (χ2v) is 5.63. The Morgan fingerprint density at radius 1 is 1.04 bits per heavy atom. The Kier molecular flexibility index (Phi) is 5.94. The first kappa shape index (κ1) is 18.3. The van der Waals surface area contributed by atoms with E-state index in [9.17, 15) is 9.18 Å². The number of nitrogens with one attached hydrogen (secondary N) is 2. The summed E-state index contributed by atoms with van der Waals surface area (Å²) in [4.78, 5) is 12.4. The molecule has 2 N–H and O–H groups in total. The Balaban J connectivity index is 1.63. The Hall–Kier alpha value is -3.48. The summed E-state index contributed by atoms with van der Waals surface area (Å²) in [6, 6.07) is 16.8. The fourth-order valence-corrected chi connectivity index (χ4v) is 2.41. The number of benzene rings is 2. The second kappa shape index (κ2) is 8.75. The number of para-hydroxylation sites is 2. The molecule has 3 rings (SSSR count). The van der Waals surface area contributed by atoms with Gasteiger partial charge in [-0.25, -0.2) is 4.39 Å². The fraction of sp³-hybridized carbons (Fsp3) is 0.150. The standard InChI is InChI=1S/C20H19FN4O2/c1-2-27-18-10-6-5-9-16(18)23-20(26)17-11-12-19(25-24-17)22-13-14-7-3-4-8-15(14)21/h3-12H,2,13H2,1H3,(H,22,25)(H,23,26). The van der Waals surface area contributed by atoms with E-state index in [1.807, 2.05) is 13.0 Å². The molecule has 7 heteroatoms. The number of carbonyl (C=O) groups is 1. The van der Waals surface area contributed by atoms with Crippen molar-refractivity contribution in [1.29, 1.82) is 0 Å². The van der Waals surface area contributed by atoms with E-state index in [0.29, 0.717) is 29.4 Å². The molecule has 3 aromatic rings. The molecule has 6 nitrogen and oxygen atoms in total. The van der Waals surface area contributed by atoms with Gasteiger partial charge in [-0.1, -0.05) is 30.3 Å². The van der Waals surface area contributed by atoms with Crippen molar-refractivity contribution in [2.45, 2.75) is 13.5 Å². The molecule has 138 valence electrons. The summed E-state index contributed by atoms with van der Waals surface area (Å²) in [6.45, 7) is 2.64. The molecule has 0 atom stereocenters. The van der Waals surface area contributed by atoms with Crippen LogP contribution in [0.15, 0.2) is 60.7 Å². The second-order valence-electron chi connectivity index (χ2n) is 5.63. The Bertz CT molecular complexity index is 916. The third-order valence-electron chi connectivity index (χ3n) is 3.75. The number of anilines is 2. The van der Waals surface area contributed by atoms with Crippen LogP contribution in [0.2, 0.25) is 0 Å². The molecule has 0 fully saturated rings. The van der Waals surface area contributed by atoms with E-state index in [4.69, 9.17) is 4.74 Å². The maximum Gasteiger partial charge on any atom is 0.276 e. The van der Waals surface area contributed by atoms with Crippen LogP contribution in [-0.2, 0) is 6.54 Å². The molecular formula is C20H19FN4O2. The lowest BCUT2D eigenvalue weighted by Crippen LogP contribution is -2.15. The number of ether oxygens (including phenoxy) is 1. The van der Waals surface area contributed by atoms with E-state index in [1.165, 1.54) is 6.07 Å². The third kappa shape index (κ3) is 4.78. The third-order valence-corrected chi connectivity index (χ3v) is 3.75. The van der Waals surface area contributed by atoms with Crippen molar-refractivity contribution in [3.05, 3.63) is 77.7 Å². The van der Waals surface area contributed by atoms with Crippen molar-refractivity contribution in [3.8, 4) is 5.75 Å². The molecule has 2 aromatic carbocycles. The van der Waals surface area contributed by atoms with Crippen molar-refractivity contribution in [1.82, 2.24) is 10.2 Å². The van der Waals surface area contributed by atoms with Crippen molar-refractivity contribution >= 4 is 17.4 Å². The quantitative estimate of drug-likeness (QED) is 0.664. The van der Waals surface area contributed by atoms with Crippen molar-refractivity contribution in [3.63, 3.8) is 0 Å². The number of nitrogens with zero attached hydrogens (tertiary/aromatic N) is 2. The SMILES string of the molecule is CCOc1ccccc1NC(=O)c1ccc(NCc2ccccc2F)nn1. The van der Waals surface area contributed by atoms with Crippen molar-refractivity contribution < 1.29 is 13.9 Å². The molecule has 1 amide bonds. The van der Waals surface area contributed by atoms with Gasteiger partial charge in [-0.2, -0.15) is 0 Å². The number of halogens is 1. The summed E-state index contributed by atoms with van der Waals surface area (Å²) >= 11 is 0. The minimum Gasteiger partial charge on any atom is -0.492 e. The molecule has 0 saturated heterocycles. The van der Waals surface area contributed by atoms with E-state index < -0.39 is 5.91 Å². The molecule has 0 radical (unpaired) electrons. The zero-order chi connectivity index (χ0) is 19.1. The van der Waals surface area contributed by atoms with Gasteiger partial charge >= 0.3 is 0 Å². The Morgan fingerprint density at radius 3 is 2.56 bits per heavy atom. The molecule has 27 heavy (non-hydrogen) atoms. The van der Waals surface area contributed by atoms with Crippen molar-refractivity contribution in [2.75, 3.05) is 17.2 Å². The predicted octanol–water partition coefficient (Wildman–Crippen LogP) is 3.88. The highest BCUT2D eigenvalue weighted by molar-refractivity contribution is 6.03. The van der Waals surface area contributed by atoms with Gasteiger partial charge in [-0.3, -0.25) is 4.79 Å². The topological polar surface area (TPSA) is 76.1 Å². The molecule has 0 unspecified atom stereocenters. The van der Waals surface area contributed by atoms with E-state index in [-0.39, 0.29) is 18.1 Å². The van der Waals surface area contributed by atoms with Gasteiger partial charge < -0.3 is 15.4 Å². The predicted molar refractivity (Wildman–Crippen MR) is 101 cm³/mol. The zero-order valence-corrected chi connectivity index (χ0v) is 14.8. The number of hydrogen-bond acceptors (Lipinski definition) is 5. The largest absolute Gasteiger partial charge is 0.492 e. The number of hydrogen-bond donors (Lipinski definition) is 2. The maximum absolute atomic E-state index is 13.6. The Labute approximate surface area is 156 Å². The first-order valence-electron chi connectivity index (χ1n) is 8.51. The molecule has 0 aliphatic rings. The first-order valence-corrected chi connectivity index (χ1v) is 8.51. The van der Waals surface area contributed by atoms with E-state index >= 15 is 0 Å². The maximum atomic E-state index is 13.6. The molecular weight excluding hydrogens is 347 g/mol. The van der Waals surface area contributed by atoms with Gasteiger partial charge in [0.05, 0.1) is 12.3 Å². The van der Waals surface area contributed by atoms with Crippen LogP contribution >= 0.6 is 0 Å². The monoisotopic (exact) mass is 366 g/mol. The van der Waals surface area contributed by atoms with Gasteiger partial charge in [0, 0.05) is 12.1 Å². The molecule has 1 heterocycles. The summed E-state index contributed by atoms with van der Waals surface area (Å²) in [5, 5.41) is 13.6. The highest BCUT2D eigenvalue weighted by Gasteiger charge is 2.12. The smallest absolute Gasteiger partial charge is 0.276 e. The number of carbonyl (C=O) groups excluding carboxylic acids is 1. The van der Waals surface area contributed by atoms with Crippen molar-refractivity contribution in [2.24, 2.45) is 0 Å². The molecule has 0 saturated carbocycles. The lowest BCUT2D eigenvalue weighted by molar-refractivity contribution is 0.102. The van der Waals surface area contributed by atoms with Gasteiger partial charge in [0.2, 0.25) is 0 Å². The minimum absolute atomic E-state index is 0.165. The van der Waals surface area contributed by atoms with E-state index in [1.54, 1.807) is 48.5 Å². The summed E-state index contributed by atoms with van der Waals surface area (Å²) in [5.41, 5.74) is 1.25. The number of rotatable bonds is 7. The lowest BCUT2D eigenvalue weighted by atomic mass is 10.2. The van der Waals surface area contributed by atoms with Gasteiger partial charge in [-0.15, -0.1) is 10.2 Å². The van der Waals surface area contributed by atoms with Crippen LogP contribution in [0.4, 0.5) is 15.9 Å². The molecule has 1 aromatic heterocycles. The van der Waals surface area contributed by atoms with Crippen LogP contribution in [0.5, 0.6) is 5.75 Å².